The highest BCUT2D eigenvalue weighted by molar-refractivity contribution is 7.99. The van der Waals surface area contributed by atoms with Gasteiger partial charge >= 0.3 is 0 Å². The summed E-state index contributed by atoms with van der Waals surface area (Å²) in [5.74, 6) is 5.31. The lowest BCUT2D eigenvalue weighted by molar-refractivity contribution is 0.0928. The molecular formula is C14H21N3OS. The summed E-state index contributed by atoms with van der Waals surface area (Å²) in [6, 6.07) is 7.51. The molecule has 1 aromatic rings. The number of carbonyl (C=O) groups is 1. The molecule has 1 saturated carbocycles. The van der Waals surface area contributed by atoms with Crippen molar-refractivity contribution in [2.24, 2.45) is 5.84 Å². The molecule has 19 heavy (non-hydrogen) atoms. The second-order valence-corrected chi connectivity index (χ2v) is 6.04. The molecule has 5 heteroatoms. The molecule has 0 atom stereocenters. The zero-order valence-electron chi connectivity index (χ0n) is 11.2. The number of nitrogens with two attached hydrogens (primary N) is 1. The lowest BCUT2D eigenvalue weighted by Crippen LogP contribution is -2.38. The number of hydrazine groups is 1. The van der Waals surface area contributed by atoms with Crippen LogP contribution >= 0.6 is 11.8 Å². The molecule has 0 saturated heterocycles. The molecule has 1 aliphatic rings. The molecule has 1 fully saturated rings. The number of anilines is 1. The molecule has 0 spiro atoms. The number of hydrogen-bond acceptors (Lipinski definition) is 4. The molecule has 0 heterocycles. The first kappa shape index (κ1) is 14.2. The van der Waals surface area contributed by atoms with Crippen molar-refractivity contribution in [1.29, 1.82) is 0 Å². The third-order valence-corrected chi connectivity index (χ3v) is 4.79. The Morgan fingerprint density at radius 1 is 1.21 bits per heavy atom. The Morgan fingerprint density at radius 3 is 2.37 bits per heavy atom. The van der Waals surface area contributed by atoms with Crippen LogP contribution < -0.4 is 16.6 Å². The van der Waals surface area contributed by atoms with Gasteiger partial charge in [0.2, 0.25) is 0 Å². The van der Waals surface area contributed by atoms with Crippen LogP contribution in [0.25, 0.3) is 0 Å². The topological polar surface area (TPSA) is 67.2 Å². The summed E-state index contributed by atoms with van der Waals surface area (Å²) >= 11 is 1.94. The van der Waals surface area contributed by atoms with E-state index >= 15 is 0 Å². The van der Waals surface area contributed by atoms with Gasteiger partial charge in [-0.1, -0.05) is 0 Å². The quantitative estimate of drug-likeness (QED) is 0.585. The minimum absolute atomic E-state index is 0.0103. The van der Waals surface area contributed by atoms with Crippen molar-refractivity contribution >= 4 is 23.4 Å². The Bertz CT molecular complexity index is 413. The number of rotatable bonds is 4. The van der Waals surface area contributed by atoms with Crippen LogP contribution in [0, 0.1) is 0 Å². The van der Waals surface area contributed by atoms with Crippen LogP contribution in [0.3, 0.4) is 0 Å². The molecule has 4 N–H and O–H groups in total. The largest absolute Gasteiger partial charge is 0.349 e. The summed E-state index contributed by atoms with van der Waals surface area (Å²) in [6.07, 6.45) is 6.72. The van der Waals surface area contributed by atoms with Crippen LogP contribution in [0.5, 0.6) is 0 Å². The predicted molar refractivity (Wildman–Crippen MR) is 81.3 cm³/mol. The van der Waals surface area contributed by atoms with Gasteiger partial charge in [-0.15, -0.1) is 0 Å². The van der Waals surface area contributed by atoms with E-state index < -0.39 is 0 Å². The van der Waals surface area contributed by atoms with Gasteiger partial charge in [0.05, 0.1) is 0 Å². The number of nitrogen functional groups attached to an aromatic ring is 1. The van der Waals surface area contributed by atoms with Crippen molar-refractivity contribution < 1.29 is 4.79 Å². The summed E-state index contributed by atoms with van der Waals surface area (Å²) in [5, 5.41) is 3.88. The van der Waals surface area contributed by atoms with Gasteiger partial charge < -0.3 is 10.7 Å². The minimum Gasteiger partial charge on any atom is -0.349 e. The van der Waals surface area contributed by atoms with Gasteiger partial charge in [-0.2, -0.15) is 11.8 Å². The van der Waals surface area contributed by atoms with Gasteiger partial charge in [-0.05, 0) is 56.2 Å². The summed E-state index contributed by atoms with van der Waals surface area (Å²) in [7, 11) is 0. The van der Waals surface area contributed by atoms with E-state index in [2.05, 4.69) is 17.0 Å². The van der Waals surface area contributed by atoms with Crippen LogP contribution in [0.2, 0.25) is 0 Å². The first-order valence-electron chi connectivity index (χ1n) is 6.63. The molecule has 2 rings (SSSR count). The highest BCUT2D eigenvalue weighted by atomic mass is 32.2. The van der Waals surface area contributed by atoms with Crippen molar-refractivity contribution in [3.8, 4) is 0 Å². The molecule has 4 nitrogen and oxygen atoms in total. The smallest absolute Gasteiger partial charge is 0.251 e. The number of carbonyl (C=O) groups excluding carboxylic acids is 1. The van der Waals surface area contributed by atoms with Crippen LogP contribution in [-0.4, -0.2) is 23.5 Å². The summed E-state index contributed by atoms with van der Waals surface area (Å²) in [5.41, 5.74) is 4.04. The molecule has 104 valence electrons. The number of thioether (sulfide) groups is 1. The number of hydrogen-bond donors (Lipinski definition) is 3. The molecule has 1 amide bonds. The van der Waals surface area contributed by atoms with Crippen molar-refractivity contribution in [3.63, 3.8) is 0 Å². The highest BCUT2D eigenvalue weighted by Gasteiger charge is 2.21. The van der Waals surface area contributed by atoms with Crippen LogP contribution in [0.15, 0.2) is 24.3 Å². The van der Waals surface area contributed by atoms with Crippen LogP contribution in [0.1, 0.15) is 36.0 Å². The Hall–Kier alpha value is -1.20. The zero-order valence-corrected chi connectivity index (χ0v) is 12.0. The molecule has 0 aromatic heterocycles. The van der Waals surface area contributed by atoms with Gasteiger partial charge in [-0.25, -0.2) is 0 Å². The minimum atomic E-state index is 0.0103. The fraction of sp³-hybridized carbons (Fsp3) is 0.500. The van der Waals surface area contributed by atoms with Crippen molar-refractivity contribution in [3.05, 3.63) is 29.8 Å². The maximum atomic E-state index is 12.1. The predicted octanol–water partition coefficient (Wildman–Crippen LogP) is 2.38. The van der Waals surface area contributed by atoms with Crippen molar-refractivity contribution in [2.75, 3.05) is 11.7 Å². The molecule has 0 bridgehead atoms. The maximum absolute atomic E-state index is 12.1. The fourth-order valence-electron chi connectivity index (χ4n) is 2.43. The monoisotopic (exact) mass is 279 g/mol. The summed E-state index contributed by atoms with van der Waals surface area (Å²) in [6.45, 7) is 0. The number of nitrogens with one attached hydrogen (secondary N) is 2. The van der Waals surface area contributed by atoms with Crippen LogP contribution in [-0.2, 0) is 0 Å². The van der Waals surface area contributed by atoms with E-state index in [0.29, 0.717) is 11.6 Å². The normalized spacial score (nSPS) is 22.8. The SMILES string of the molecule is CSC1CCC(NC(=O)c2ccc(NN)cc2)CC1. The standard InChI is InChI=1S/C14H21N3OS/c1-19-13-8-6-11(7-9-13)16-14(18)10-2-4-12(17-15)5-3-10/h2-5,11,13,17H,6-9,15H2,1H3,(H,16,18). The average molecular weight is 279 g/mol. The summed E-state index contributed by atoms with van der Waals surface area (Å²) in [4.78, 5) is 12.1. The first-order chi connectivity index (χ1) is 9.22. The Morgan fingerprint density at radius 2 is 1.84 bits per heavy atom. The fourth-order valence-corrected chi connectivity index (χ4v) is 3.17. The lowest BCUT2D eigenvalue weighted by atomic mass is 9.94. The van der Waals surface area contributed by atoms with E-state index in [1.165, 1.54) is 12.8 Å². The molecule has 1 aromatic carbocycles. The van der Waals surface area contributed by atoms with Gasteiger partial charge in [0.15, 0.2) is 0 Å². The van der Waals surface area contributed by atoms with Crippen molar-refractivity contribution in [2.45, 2.75) is 37.0 Å². The maximum Gasteiger partial charge on any atom is 0.251 e. The second-order valence-electron chi connectivity index (χ2n) is 4.90. The molecule has 0 radical (unpaired) electrons. The van der Waals surface area contributed by atoms with Gasteiger partial charge in [-0.3, -0.25) is 10.6 Å². The average Bonchev–Trinajstić information content (AvgIpc) is 2.48. The van der Waals surface area contributed by atoms with E-state index in [9.17, 15) is 4.79 Å². The van der Waals surface area contributed by atoms with E-state index in [1.54, 1.807) is 24.3 Å². The highest BCUT2D eigenvalue weighted by Crippen LogP contribution is 2.27. The van der Waals surface area contributed by atoms with Crippen molar-refractivity contribution in [1.82, 2.24) is 5.32 Å². The van der Waals surface area contributed by atoms with Crippen LogP contribution in [0.4, 0.5) is 5.69 Å². The molecule has 1 aliphatic carbocycles. The van der Waals surface area contributed by atoms with E-state index in [-0.39, 0.29) is 5.91 Å². The lowest BCUT2D eigenvalue weighted by Gasteiger charge is -2.28. The third kappa shape index (κ3) is 3.88. The summed E-state index contributed by atoms with van der Waals surface area (Å²) < 4.78 is 0. The Balaban J connectivity index is 1.87. The van der Waals surface area contributed by atoms with E-state index in [0.717, 1.165) is 23.8 Å². The van der Waals surface area contributed by atoms with Gasteiger partial charge in [0, 0.05) is 22.5 Å². The molecular weight excluding hydrogens is 258 g/mol. The van der Waals surface area contributed by atoms with E-state index in [1.807, 2.05) is 11.8 Å². The Kier molecular flexibility index (Phi) is 5.10. The second kappa shape index (κ2) is 6.82. The molecule has 0 unspecified atom stereocenters. The van der Waals surface area contributed by atoms with Gasteiger partial charge in [0.25, 0.3) is 5.91 Å². The zero-order chi connectivity index (χ0) is 13.7. The van der Waals surface area contributed by atoms with E-state index in [4.69, 9.17) is 5.84 Å². The number of amides is 1. The van der Waals surface area contributed by atoms with Gasteiger partial charge in [0.1, 0.15) is 0 Å². The Labute approximate surface area is 118 Å². The third-order valence-electron chi connectivity index (χ3n) is 3.66. The molecule has 0 aliphatic heterocycles. The number of benzene rings is 1. The first-order valence-corrected chi connectivity index (χ1v) is 7.92.